The number of carbonyl (C=O) groups excluding carboxylic acids is 2. The van der Waals surface area contributed by atoms with Crippen LogP contribution in [0.15, 0.2) is 0 Å². The van der Waals surface area contributed by atoms with E-state index in [1.165, 1.54) is 32.1 Å². The van der Waals surface area contributed by atoms with E-state index < -0.39 is 0 Å². The molecular formula is C17H32N4O2. The van der Waals surface area contributed by atoms with Crippen molar-refractivity contribution in [3.05, 3.63) is 0 Å². The molecule has 0 aromatic heterocycles. The summed E-state index contributed by atoms with van der Waals surface area (Å²) in [6.07, 6.45) is 6.84. The van der Waals surface area contributed by atoms with Crippen molar-refractivity contribution < 1.29 is 9.59 Å². The number of likely N-dealkylation sites (tertiary alicyclic amines) is 1. The highest BCUT2D eigenvalue weighted by Crippen LogP contribution is 2.26. The first-order valence-corrected chi connectivity index (χ1v) is 8.90. The largest absolute Gasteiger partial charge is 0.351 e. The van der Waals surface area contributed by atoms with E-state index in [0.717, 1.165) is 6.54 Å². The van der Waals surface area contributed by atoms with Crippen molar-refractivity contribution in [1.82, 2.24) is 20.4 Å². The van der Waals surface area contributed by atoms with Crippen LogP contribution in [0.2, 0.25) is 0 Å². The van der Waals surface area contributed by atoms with Gasteiger partial charge in [0.15, 0.2) is 0 Å². The van der Waals surface area contributed by atoms with Gasteiger partial charge >= 0.3 is 6.03 Å². The molecule has 2 atom stereocenters. The number of nitrogens with one attached hydrogen (secondary N) is 2. The standard InChI is InChI=1S/C17H32N4O2/c1-18-17(23)21-11-14(10-20(2)3)15(12-21)19-16(22)9-13-7-5-4-6-8-13/h13-15H,4-12H2,1-3H3,(H,18,23)(H,19,22)/t14-,15-/m1/s1. The molecule has 0 aromatic carbocycles. The number of carbonyl (C=O) groups is 2. The maximum Gasteiger partial charge on any atom is 0.317 e. The molecule has 6 nitrogen and oxygen atoms in total. The van der Waals surface area contributed by atoms with E-state index >= 15 is 0 Å². The number of urea groups is 1. The van der Waals surface area contributed by atoms with E-state index in [1.807, 2.05) is 14.1 Å². The van der Waals surface area contributed by atoms with Gasteiger partial charge in [0.2, 0.25) is 5.91 Å². The molecule has 1 aliphatic heterocycles. The molecule has 3 amide bonds. The monoisotopic (exact) mass is 324 g/mol. The third-order valence-electron chi connectivity index (χ3n) is 5.09. The van der Waals surface area contributed by atoms with Crippen LogP contribution in [0.25, 0.3) is 0 Å². The molecule has 0 unspecified atom stereocenters. The second kappa shape index (κ2) is 8.52. The topological polar surface area (TPSA) is 64.7 Å². The summed E-state index contributed by atoms with van der Waals surface area (Å²) in [5.41, 5.74) is 0. The molecule has 23 heavy (non-hydrogen) atoms. The van der Waals surface area contributed by atoms with Crippen LogP contribution < -0.4 is 10.6 Å². The van der Waals surface area contributed by atoms with E-state index in [1.54, 1.807) is 11.9 Å². The molecule has 132 valence electrons. The third-order valence-corrected chi connectivity index (χ3v) is 5.09. The lowest BCUT2D eigenvalue weighted by atomic mass is 9.86. The van der Waals surface area contributed by atoms with Crippen molar-refractivity contribution in [2.75, 3.05) is 40.8 Å². The number of hydrogen-bond donors (Lipinski definition) is 2. The van der Waals surface area contributed by atoms with E-state index in [0.29, 0.717) is 25.4 Å². The molecule has 0 aromatic rings. The van der Waals surface area contributed by atoms with Gasteiger partial charge in [0.1, 0.15) is 0 Å². The Bertz CT molecular complexity index is 407. The second-order valence-corrected chi connectivity index (χ2v) is 7.36. The first-order valence-electron chi connectivity index (χ1n) is 8.90. The van der Waals surface area contributed by atoms with Crippen LogP contribution in [0.4, 0.5) is 4.79 Å². The van der Waals surface area contributed by atoms with Gasteiger partial charge in [-0.1, -0.05) is 19.3 Å². The van der Waals surface area contributed by atoms with Crippen LogP contribution in [0.1, 0.15) is 38.5 Å². The normalized spacial score (nSPS) is 25.7. The Morgan fingerprint density at radius 2 is 1.83 bits per heavy atom. The molecule has 2 N–H and O–H groups in total. The predicted molar refractivity (Wildman–Crippen MR) is 91.2 cm³/mol. The Morgan fingerprint density at radius 1 is 1.13 bits per heavy atom. The van der Waals surface area contributed by atoms with Crippen LogP contribution in [-0.2, 0) is 4.79 Å². The maximum atomic E-state index is 12.4. The maximum absolute atomic E-state index is 12.4. The molecule has 1 aliphatic carbocycles. The van der Waals surface area contributed by atoms with Crippen molar-refractivity contribution in [3.63, 3.8) is 0 Å². The third kappa shape index (κ3) is 5.37. The van der Waals surface area contributed by atoms with Gasteiger partial charge in [0, 0.05) is 39.0 Å². The highest BCUT2D eigenvalue weighted by atomic mass is 16.2. The molecule has 2 fully saturated rings. The van der Waals surface area contributed by atoms with Crippen molar-refractivity contribution in [1.29, 1.82) is 0 Å². The zero-order valence-corrected chi connectivity index (χ0v) is 14.8. The lowest BCUT2D eigenvalue weighted by molar-refractivity contribution is -0.123. The van der Waals surface area contributed by atoms with Gasteiger partial charge in [0.25, 0.3) is 0 Å². The van der Waals surface area contributed by atoms with Crippen LogP contribution in [0.5, 0.6) is 0 Å². The zero-order valence-electron chi connectivity index (χ0n) is 14.8. The molecule has 0 radical (unpaired) electrons. The molecule has 0 spiro atoms. The van der Waals surface area contributed by atoms with Gasteiger partial charge in [-0.2, -0.15) is 0 Å². The van der Waals surface area contributed by atoms with Gasteiger partial charge in [-0.3, -0.25) is 4.79 Å². The van der Waals surface area contributed by atoms with Gasteiger partial charge in [-0.05, 0) is 32.9 Å². The van der Waals surface area contributed by atoms with E-state index in [9.17, 15) is 9.59 Å². The summed E-state index contributed by atoms with van der Waals surface area (Å²) in [4.78, 5) is 28.2. The Balaban J connectivity index is 1.88. The van der Waals surface area contributed by atoms with E-state index in [2.05, 4.69) is 15.5 Å². The quantitative estimate of drug-likeness (QED) is 0.800. The van der Waals surface area contributed by atoms with Crippen LogP contribution in [-0.4, -0.2) is 68.6 Å². The fourth-order valence-electron chi connectivity index (χ4n) is 3.93. The summed E-state index contributed by atoms with van der Waals surface area (Å²) in [6, 6.07) is 0.00331. The second-order valence-electron chi connectivity index (χ2n) is 7.36. The zero-order chi connectivity index (χ0) is 16.8. The predicted octanol–water partition coefficient (Wildman–Crippen LogP) is 1.27. The molecule has 0 bridgehead atoms. The Morgan fingerprint density at radius 3 is 2.43 bits per heavy atom. The molecule has 2 rings (SSSR count). The Hall–Kier alpha value is -1.30. The van der Waals surface area contributed by atoms with E-state index in [4.69, 9.17) is 0 Å². The molecule has 1 saturated heterocycles. The van der Waals surface area contributed by atoms with Crippen molar-refractivity contribution in [2.45, 2.75) is 44.6 Å². The fraction of sp³-hybridized carbons (Fsp3) is 0.882. The lowest BCUT2D eigenvalue weighted by Gasteiger charge is -2.25. The highest BCUT2D eigenvalue weighted by Gasteiger charge is 2.36. The van der Waals surface area contributed by atoms with Crippen molar-refractivity contribution in [3.8, 4) is 0 Å². The van der Waals surface area contributed by atoms with Crippen molar-refractivity contribution in [2.24, 2.45) is 11.8 Å². The molecule has 2 aliphatic rings. The molecule has 1 saturated carbocycles. The smallest absolute Gasteiger partial charge is 0.317 e. The minimum atomic E-state index is -0.0576. The van der Waals surface area contributed by atoms with Crippen LogP contribution in [0.3, 0.4) is 0 Å². The summed E-state index contributed by atoms with van der Waals surface area (Å²) in [6.45, 7) is 2.18. The van der Waals surface area contributed by atoms with Gasteiger partial charge in [0.05, 0.1) is 6.04 Å². The number of hydrogen-bond acceptors (Lipinski definition) is 3. The minimum Gasteiger partial charge on any atom is -0.351 e. The summed E-state index contributed by atoms with van der Waals surface area (Å²) >= 11 is 0. The minimum absolute atomic E-state index is 0.0576. The molecule has 6 heteroatoms. The SMILES string of the molecule is CNC(=O)N1C[C@@H](CN(C)C)[C@H](NC(=O)CC2CCCCC2)C1. The number of rotatable bonds is 5. The highest BCUT2D eigenvalue weighted by molar-refractivity contribution is 5.77. The number of nitrogens with zero attached hydrogens (tertiary/aromatic N) is 2. The summed E-state index contributed by atoms with van der Waals surface area (Å²) in [7, 11) is 5.71. The number of amides is 3. The first kappa shape index (κ1) is 18.0. The first-order chi connectivity index (χ1) is 11.0. The summed E-state index contributed by atoms with van der Waals surface area (Å²) in [5, 5.41) is 5.88. The van der Waals surface area contributed by atoms with Crippen molar-refractivity contribution >= 4 is 11.9 Å². The van der Waals surface area contributed by atoms with Gasteiger partial charge in [-0.25, -0.2) is 4.79 Å². The summed E-state index contributed by atoms with van der Waals surface area (Å²) < 4.78 is 0. The molecule has 1 heterocycles. The van der Waals surface area contributed by atoms with Gasteiger partial charge < -0.3 is 20.4 Å². The molecular weight excluding hydrogens is 292 g/mol. The van der Waals surface area contributed by atoms with E-state index in [-0.39, 0.29) is 23.9 Å². The van der Waals surface area contributed by atoms with Crippen LogP contribution in [0, 0.1) is 11.8 Å². The fourth-order valence-corrected chi connectivity index (χ4v) is 3.93. The van der Waals surface area contributed by atoms with Crippen LogP contribution >= 0.6 is 0 Å². The average Bonchev–Trinajstić information content (AvgIpc) is 2.89. The lowest BCUT2D eigenvalue weighted by Crippen LogP contribution is -2.44. The Labute approximate surface area is 140 Å². The summed E-state index contributed by atoms with van der Waals surface area (Å²) in [5.74, 6) is 0.995. The van der Waals surface area contributed by atoms with Gasteiger partial charge in [-0.15, -0.1) is 0 Å². The Kier molecular flexibility index (Phi) is 6.69. The average molecular weight is 324 g/mol.